The highest BCUT2D eigenvalue weighted by Crippen LogP contribution is 2.29. The van der Waals surface area contributed by atoms with Crippen molar-refractivity contribution in [1.29, 1.82) is 0 Å². The molecular formula is C11H13N3O4S. The summed E-state index contributed by atoms with van der Waals surface area (Å²) in [6.45, 7) is 1.64. The van der Waals surface area contributed by atoms with Crippen LogP contribution in [0.1, 0.15) is 5.82 Å². The third kappa shape index (κ3) is 2.79. The van der Waals surface area contributed by atoms with Gasteiger partial charge in [0.05, 0.1) is 19.0 Å². The Bertz CT molecular complexity index is 694. The first-order chi connectivity index (χ1) is 8.92. The predicted octanol–water partition coefficient (Wildman–Crippen LogP) is 1.23. The van der Waals surface area contributed by atoms with Crippen molar-refractivity contribution in [3.63, 3.8) is 0 Å². The molecule has 102 valence electrons. The SMILES string of the molecule is COc1ccc(O)c(NS(=O)(=O)c2cnc(C)[nH]2)c1. The fourth-order valence-corrected chi connectivity index (χ4v) is 2.49. The molecule has 0 fully saturated rings. The Morgan fingerprint density at radius 2 is 2.16 bits per heavy atom. The summed E-state index contributed by atoms with van der Waals surface area (Å²) in [6.07, 6.45) is 1.20. The van der Waals surface area contributed by atoms with E-state index in [1.54, 1.807) is 6.92 Å². The van der Waals surface area contributed by atoms with Crippen molar-refractivity contribution in [2.75, 3.05) is 11.8 Å². The molecule has 1 heterocycles. The number of ether oxygens (including phenoxy) is 1. The van der Waals surface area contributed by atoms with Crippen LogP contribution in [0, 0.1) is 6.92 Å². The van der Waals surface area contributed by atoms with Crippen LogP contribution in [0.3, 0.4) is 0 Å². The average Bonchev–Trinajstić information content (AvgIpc) is 2.79. The number of sulfonamides is 1. The van der Waals surface area contributed by atoms with Crippen molar-refractivity contribution in [3.05, 3.63) is 30.2 Å². The average molecular weight is 283 g/mol. The monoisotopic (exact) mass is 283 g/mol. The van der Waals surface area contributed by atoms with Crippen LogP contribution in [0.4, 0.5) is 5.69 Å². The number of phenolic OH excluding ortho intramolecular Hbond substituents is 1. The normalized spacial score (nSPS) is 11.3. The maximum Gasteiger partial charge on any atom is 0.279 e. The number of aromatic nitrogens is 2. The van der Waals surface area contributed by atoms with E-state index in [0.717, 1.165) is 0 Å². The standard InChI is InChI=1S/C11H13N3O4S/c1-7-12-6-11(13-7)19(16,17)14-9-5-8(18-2)3-4-10(9)15/h3-6,14-15H,1-2H3,(H,12,13). The van der Waals surface area contributed by atoms with Gasteiger partial charge in [-0.1, -0.05) is 0 Å². The van der Waals surface area contributed by atoms with Crippen LogP contribution in [-0.2, 0) is 10.0 Å². The lowest BCUT2D eigenvalue weighted by molar-refractivity contribution is 0.413. The molecule has 8 heteroatoms. The predicted molar refractivity (Wildman–Crippen MR) is 68.8 cm³/mol. The van der Waals surface area contributed by atoms with Crippen molar-refractivity contribution >= 4 is 15.7 Å². The van der Waals surface area contributed by atoms with Crippen LogP contribution in [0.15, 0.2) is 29.4 Å². The minimum absolute atomic E-state index is 0.0339. The highest BCUT2D eigenvalue weighted by Gasteiger charge is 2.18. The van der Waals surface area contributed by atoms with Crippen LogP contribution in [-0.4, -0.2) is 30.6 Å². The second-order valence-corrected chi connectivity index (χ2v) is 5.47. The fourth-order valence-electron chi connectivity index (χ4n) is 1.46. The molecule has 1 aromatic carbocycles. The third-order valence-electron chi connectivity index (χ3n) is 2.42. The third-order valence-corrected chi connectivity index (χ3v) is 3.69. The van der Waals surface area contributed by atoms with Gasteiger partial charge in [-0.25, -0.2) is 4.98 Å². The molecule has 0 aliphatic carbocycles. The van der Waals surface area contributed by atoms with E-state index in [2.05, 4.69) is 14.7 Å². The van der Waals surface area contributed by atoms with E-state index in [-0.39, 0.29) is 16.5 Å². The van der Waals surface area contributed by atoms with Gasteiger partial charge in [-0.2, -0.15) is 8.42 Å². The highest BCUT2D eigenvalue weighted by atomic mass is 32.2. The van der Waals surface area contributed by atoms with E-state index in [1.165, 1.54) is 31.5 Å². The van der Waals surface area contributed by atoms with Crippen LogP contribution in [0.25, 0.3) is 0 Å². The number of rotatable bonds is 4. The lowest BCUT2D eigenvalue weighted by atomic mass is 10.3. The Morgan fingerprint density at radius 3 is 2.74 bits per heavy atom. The van der Waals surface area contributed by atoms with Crippen LogP contribution >= 0.6 is 0 Å². The maximum atomic E-state index is 12.0. The van der Waals surface area contributed by atoms with Gasteiger partial charge in [-0.3, -0.25) is 4.72 Å². The zero-order valence-corrected chi connectivity index (χ0v) is 11.2. The lowest BCUT2D eigenvalue weighted by Gasteiger charge is -2.09. The number of hydrogen-bond donors (Lipinski definition) is 3. The summed E-state index contributed by atoms with van der Waals surface area (Å²) < 4.78 is 31.3. The fraction of sp³-hybridized carbons (Fsp3) is 0.182. The van der Waals surface area contributed by atoms with Crippen molar-refractivity contribution in [2.24, 2.45) is 0 Å². The Labute approximate surface area is 110 Å². The number of anilines is 1. The number of aryl methyl sites for hydroxylation is 1. The van der Waals surface area contributed by atoms with E-state index in [1.807, 2.05) is 0 Å². The van der Waals surface area contributed by atoms with Gasteiger partial charge in [0, 0.05) is 6.07 Å². The zero-order valence-electron chi connectivity index (χ0n) is 10.3. The largest absolute Gasteiger partial charge is 0.506 e. The van der Waals surface area contributed by atoms with E-state index >= 15 is 0 Å². The molecule has 0 bridgehead atoms. The zero-order chi connectivity index (χ0) is 14.0. The molecule has 0 saturated heterocycles. The molecule has 0 atom stereocenters. The Hall–Kier alpha value is -2.22. The summed E-state index contributed by atoms with van der Waals surface area (Å²) in [7, 11) is -2.38. The van der Waals surface area contributed by atoms with Crippen molar-refractivity contribution < 1.29 is 18.3 Å². The molecule has 0 unspecified atom stereocenters. The Morgan fingerprint density at radius 1 is 1.42 bits per heavy atom. The van der Waals surface area contributed by atoms with Crippen molar-refractivity contribution in [2.45, 2.75) is 11.9 Å². The maximum absolute atomic E-state index is 12.0. The Kier molecular flexibility index (Phi) is 3.34. The molecule has 0 amide bonds. The van der Waals surface area contributed by atoms with Crippen LogP contribution in [0.2, 0.25) is 0 Å². The number of aromatic hydroxyl groups is 1. The molecule has 1 aromatic heterocycles. The van der Waals surface area contributed by atoms with Gasteiger partial charge in [-0.05, 0) is 19.1 Å². The molecule has 3 N–H and O–H groups in total. The van der Waals surface area contributed by atoms with Crippen molar-refractivity contribution in [1.82, 2.24) is 9.97 Å². The number of phenols is 1. The first-order valence-electron chi connectivity index (χ1n) is 5.34. The molecule has 7 nitrogen and oxygen atoms in total. The Balaban J connectivity index is 2.35. The summed E-state index contributed by atoms with van der Waals surface area (Å²) in [5.41, 5.74) is 0.0339. The number of hydrogen-bond acceptors (Lipinski definition) is 5. The highest BCUT2D eigenvalue weighted by molar-refractivity contribution is 7.92. The van der Waals surface area contributed by atoms with Crippen molar-refractivity contribution in [3.8, 4) is 11.5 Å². The first kappa shape index (κ1) is 13.2. The van der Waals surface area contributed by atoms with Gasteiger partial charge in [-0.15, -0.1) is 0 Å². The molecular weight excluding hydrogens is 270 g/mol. The summed E-state index contributed by atoms with van der Waals surface area (Å²) in [4.78, 5) is 6.43. The molecule has 0 saturated carbocycles. The molecule has 0 radical (unpaired) electrons. The first-order valence-corrected chi connectivity index (χ1v) is 6.82. The minimum Gasteiger partial charge on any atom is -0.506 e. The topological polar surface area (TPSA) is 104 Å². The number of benzene rings is 1. The second kappa shape index (κ2) is 4.81. The second-order valence-electron chi connectivity index (χ2n) is 3.82. The number of methoxy groups -OCH3 is 1. The number of nitrogens with one attached hydrogen (secondary N) is 2. The quantitative estimate of drug-likeness (QED) is 0.732. The van der Waals surface area contributed by atoms with Gasteiger partial charge in [0.15, 0.2) is 5.03 Å². The molecule has 0 aliphatic rings. The molecule has 2 aromatic rings. The molecule has 0 spiro atoms. The van der Waals surface area contributed by atoms with Gasteiger partial charge >= 0.3 is 0 Å². The van der Waals surface area contributed by atoms with Gasteiger partial charge in [0.2, 0.25) is 0 Å². The minimum atomic E-state index is -3.82. The van der Waals surface area contributed by atoms with E-state index in [4.69, 9.17) is 4.74 Å². The number of H-pyrrole nitrogens is 1. The lowest BCUT2D eigenvalue weighted by Crippen LogP contribution is -2.13. The summed E-state index contributed by atoms with van der Waals surface area (Å²) in [5.74, 6) is 0.715. The summed E-state index contributed by atoms with van der Waals surface area (Å²) in [5, 5.41) is 9.56. The summed E-state index contributed by atoms with van der Waals surface area (Å²) >= 11 is 0. The smallest absolute Gasteiger partial charge is 0.279 e. The van der Waals surface area contributed by atoms with Gasteiger partial charge in [0.25, 0.3) is 10.0 Å². The molecule has 19 heavy (non-hydrogen) atoms. The number of nitrogens with zero attached hydrogens (tertiary/aromatic N) is 1. The van der Waals surface area contributed by atoms with Gasteiger partial charge in [0.1, 0.15) is 17.3 Å². The molecule has 0 aliphatic heterocycles. The molecule has 2 rings (SSSR count). The summed E-state index contributed by atoms with van der Waals surface area (Å²) in [6, 6.07) is 4.25. The van der Waals surface area contributed by atoms with E-state index in [0.29, 0.717) is 11.6 Å². The number of aromatic amines is 1. The van der Waals surface area contributed by atoms with Crippen LogP contribution < -0.4 is 9.46 Å². The van der Waals surface area contributed by atoms with E-state index < -0.39 is 10.0 Å². The number of imidazole rings is 1. The van der Waals surface area contributed by atoms with E-state index in [9.17, 15) is 13.5 Å². The van der Waals surface area contributed by atoms with Gasteiger partial charge < -0.3 is 14.8 Å². The van der Waals surface area contributed by atoms with Crippen LogP contribution in [0.5, 0.6) is 11.5 Å².